The average molecular weight is 340 g/mol. The van der Waals surface area contributed by atoms with Crippen LogP contribution < -0.4 is 10.2 Å². The standard InChI is InChI=1S/C21H25FN2O/c1-16-3-2-12-24(15-16)20-10-6-18(7-11-20)14-23-21(25)13-17-4-8-19(22)9-5-17/h4-11,16H,2-3,12-15H2,1H3,(H,23,25)/t16-/m0/s1. The second-order valence-electron chi connectivity index (χ2n) is 6.94. The van der Waals surface area contributed by atoms with E-state index < -0.39 is 0 Å². The van der Waals surface area contributed by atoms with Crippen molar-refractivity contribution >= 4 is 11.6 Å². The first-order valence-corrected chi connectivity index (χ1v) is 8.95. The van der Waals surface area contributed by atoms with Gasteiger partial charge in [-0.3, -0.25) is 4.79 Å². The minimum Gasteiger partial charge on any atom is -0.371 e. The first kappa shape index (κ1) is 17.5. The number of anilines is 1. The summed E-state index contributed by atoms with van der Waals surface area (Å²) in [5, 5.41) is 2.92. The van der Waals surface area contributed by atoms with Crippen LogP contribution in [0.25, 0.3) is 0 Å². The molecule has 0 spiro atoms. The minimum atomic E-state index is -0.285. The molecule has 1 atom stereocenters. The van der Waals surface area contributed by atoms with Crippen molar-refractivity contribution in [3.63, 3.8) is 0 Å². The molecule has 0 radical (unpaired) electrons. The largest absolute Gasteiger partial charge is 0.371 e. The topological polar surface area (TPSA) is 32.3 Å². The van der Waals surface area contributed by atoms with Crippen molar-refractivity contribution in [3.05, 3.63) is 65.5 Å². The zero-order valence-corrected chi connectivity index (χ0v) is 14.7. The van der Waals surface area contributed by atoms with Crippen LogP contribution in [0, 0.1) is 11.7 Å². The van der Waals surface area contributed by atoms with Crippen LogP contribution >= 0.6 is 0 Å². The normalized spacial score (nSPS) is 17.4. The van der Waals surface area contributed by atoms with E-state index >= 15 is 0 Å². The fraction of sp³-hybridized carbons (Fsp3) is 0.381. The summed E-state index contributed by atoms with van der Waals surface area (Å²) >= 11 is 0. The van der Waals surface area contributed by atoms with Crippen molar-refractivity contribution in [2.45, 2.75) is 32.7 Å². The van der Waals surface area contributed by atoms with E-state index in [9.17, 15) is 9.18 Å². The lowest BCUT2D eigenvalue weighted by Crippen LogP contribution is -2.34. The lowest BCUT2D eigenvalue weighted by molar-refractivity contribution is -0.120. The Labute approximate surface area is 148 Å². The number of piperidine rings is 1. The van der Waals surface area contributed by atoms with Gasteiger partial charge in [-0.2, -0.15) is 0 Å². The Morgan fingerprint density at radius 3 is 2.48 bits per heavy atom. The van der Waals surface area contributed by atoms with Crippen molar-refractivity contribution in [2.24, 2.45) is 5.92 Å². The Hall–Kier alpha value is -2.36. The van der Waals surface area contributed by atoms with E-state index in [4.69, 9.17) is 0 Å². The number of rotatable bonds is 5. The number of halogens is 1. The minimum absolute atomic E-state index is 0.0551. The van der Waals surface area contributed by atoms with Crippen LogP contribution in [0.3, 0.4) is 0 Å². The van der Waals surface area contributed by atoms with Crippen molar-refractivity contribution in [3.8, 4) is 0 Å². The molecule has 0 aromatic heterocycles. The van der Waals surface area contributed by atoms with Gasteiger partial charge in [0.25, 0.3) is 0 Å². The molecule has 2 aromatic carbocycles. The number of carbonyl (C=O) groups excluding carboxylic acids is 1. The predicted molar refractivity (Wildman–Crippen MR) is 99.0 cm³/mol. The summed E-state index contributed by atoms with van der Waals surface area (Å²) in [7, 11) is 0. The summed E-state index contributed by atoms with van der Waals surface area (Å²) in [5.41, 5.74) is 3.16. The highest BCUT2D eigenvalue weighted by Gasteiger charge is 2.16. The van der Waals surface area contributed by atoms with Crippen LogP contribution in [-0.2, 0) is 17.8 Å². The number of carbonyl (C=O) groups is 1. The Kier molecular flexibility index (Phi) is 5.69. The van der Waals surface area contributed by atoms with Gasteiger partial charge in [-0.1, -0.05) is 31.2 Å². The van der Waals surface area contributed by atoms with Crippen molar-refractivity contribution in [1.29, 1.82) is 0 Å². The number of benzene rings is 2. The van der Waals surface area contributed by atoms with Gasteiger partial charge < -0.3 is 10.2 Å². The molecule has 1 heterocycles. The molecule has 0 unspecified atom stereocenters. The third-order valence-electron chi connectivity index (χ3n) is 4.73. The van der Waals surface area contributed by atoms with Gasteiger partial charge in [0.2, 0.25) is 5.91 Å². The molecule has 4 heteroatoms. The molecular weight excluding hydrogens is 315 g/mol. The van der Waals surface area contributed by atoms with E-state index in [-0.39, 0.29) is 18.1 Å². The Bertz CT molecular complexity index is 697. The van der Waals surface area contributed by atoms with Crippen molar-refractivity contribution < 1.29 is 9.18 Å². The van der Waals surface area contributed by atoms with E-state index in [0.717, 1.165) is 30.1 Å². The zero-order valence-electron chi connectivity index (χ0n) is 14.7. The number of hydrogen-bond donors (Lipinski definition) is 1. The monoisotopic (exact) mass is 340 g/mol. The molecule has 0 bridgehead atoms. The molecule has 25 heavy (non-hydrogen) atoms. The third-order valence-corrected chi connectivity index (χ3v) is 4.73. The van der Waals surface area contributed by atoms with Crippen LogP contribution in [0.15, 0.2) is 48.5 Å². The molecule has 1 N–H and O–H groups in total. The Morgan fingerprint density at radius 1 is 1.12 bits per heavy atom. The molecule has 1 aliphatic rings. The summed E-state index contributed by atoms with van der Waals surface area (Å²) in [4.78, 5) is 14.4. The molecule has 1 aliphatic heterocycles. The average Bonchev–Trinajstić information content (AvgIpc) is 2.62. The van der Waals surface area contributed by atoms with Crippen LogP contribution in [0.5, 0.6) is 0 Å². The Balaban J connectivity index is 1.49. The molecule has 1 amide bonds. The maximum Gasteiger partial charge on any atom is 0.224 e. The van der Waals surface area contributed by atoms with Gasteiger partial charge in [-0.25, -0.2) is 4.39 Å². The number of amides is 1. The maximum absolute atomic E-state index is 12.9. The van der Waals surface area contributed by atoms with E-state index in [1.54, 1.807) is 12.1 Å². The van der Waals surface area contributed by atoms with Gasteiger partial charge >= 0.3 is 0 Å². The first-order valence-electron chi connectivity index (χ1n) is 8.95. The quantitative estimate of drug-likeness (QED) is 0.895. The van der Waals surface area contributed by atoms with E-state index in [1.165, 1.54) is 30.7 Å². The van der Waals surface area contributed by atoms with Crippen molar-refractivity contribution in [2.75, 3.05) is 18.0 Å². The van der Waals surface area contributed by atoms with Gasteiger partial charge in [-0.15, -0.1) is 0 Å². The maximum atomic E-state index is 12.9. The highest BCUT2D eigenvalue weighted by atomic mass is 19.1. The molecule has 1 saturated heterocycles. The third kappa shape index (κ3) is 5.05. The van der Waals surface area contributed by atoms with Crippen LogP contribution in [0.4, 0.5) is 10.1 Å². The fourth-order valence-electron chi connectivity index (χ4n) is 3.30. The highest BCUT2D eigenvalue weighted by Crippen LogP contribution is 2.23. The van der Waals surface area contributed by atoms with E-state index in [1.807, 2.05) is 0 Å². The van der Waals surface area contributed by atoms with Gasteiger partial charge in [0.15, 0.2) is 0 Å². The summed E-state index contributed by atoms with van der Waals surface area (Å²) in [5.74, 6) is 0.409. The molecular formula is C21H25FN2O. The number of nitrogens with zero attached hydrogens (tertiary/aromatic N) is 1. The van der Waals surface area contributed by atoms with Gasteiger partial charge in [-0.05, 0) is 54.2 Å². The highest BCUT2D eigenvalue weighted by molar-refractivity contribution is 5.78. The lowest BCUT2D eigenvalue weighted by Gasteiger charge is -2.32. The predicted octanol–water partition coefficient (Wildman–Crippen LogP) is 3.92. The molecule has 1 fully saturated rings. The molecule has 0 saturated carbocycles. The van der Waals surface area contributed by atoms with E-state index in [2.05, 4.69) is 41.4 Å². The molecule has 3 nitrogen and oxygen atoms in total. The smallest absolute Gasteiger partial charge is 0.224 e. The second-order valence-corrected chi connectivity index (χ2v) is 6.94. The lowest BCUT2D eigenvalue weighted by atomic mass is 9.99. The summed E-state index contributed by atoms with van der Waals surface area (Å²) in [6, 6.07) is 14.5. The van der Waals surface area contributed by atoms with Gasteiger partial charge in [0, 0.05) is 25.3 Å². The Morgan fingerprint density at radius 2 is 1.80 bits per heavy atom. The SMILES string of the molecule is C[C@H]1CCCN(c2ccc(CNC(=O)Cc3ccc(F)cc3)cc2)C1. The number of hydrogen-bond acceptors (Lipinski definition) is 2. The summed E-state index contributed by atoms with van der Waals surface area (Å²) < 4.78 is 12.9. The van der Waals surface area contributed by atoms with Crippen LogP contribution in [-0.4, -0.2) is 19.0 Å². The van der Waals surface area contributed by atoms with Crippen molar-refractivity contribution in [1.82, 2.24) is 5.32 Å². The first-order chi connectivity index (χ1) is 12.1. The molecule has 0 aliphatic carbocycles. The summed E-state index contributed by atoms with van der Waals surface area (Å²) in [6.07, 6.45) is 2.83. The fourth-order valence-corrected chi connectivity index (χ4v) is 3.30. The van der Waals surface area contributed by atoms with Gasteiger partial charge in [0.1, 0.15) is 5.82 Å². The zero-order chi connectivity index (χ0) is 17.6. The second kappa shape index (κ2) is 8.15. The van der Waals surface area contributed by atoms with Crippen LogP contribution in [0.1, 0.15) is 30.9 Å². The molecule has 3 rings (SSSR count). The molecule has 132 valence electrons. The van der Waals surface area contributed by atoms with E-state index in [0.29, 0.717) is 6.54 Å². The van der Waals surface area contributed by atoms with Crippen LogP contribution in [0.2, 0.25) is 0 Å². The number of nitrogens with one attached hydrogen (secondary N) is 1. The summed E-state index contributed by atoms with van der Waals surface area (Å²) in [6.45, 7) is 5.06. The van der Waals surface area contributed by atoms with Gasteiger partial charge in [0.05, 0.1) is 6.42 Å². The molecule has 2 aromatic rings.